The van der Waals surface area contributed by atoms with Gasteiger partial charge in [0.15, 0.2) is 0 Å². The Morgan fingerprint density at radius 2 is 2.40 bits per heavy atom. The Morgan fingerprint density at radius 1 is 1.67 bits per heavy atom. The molecule has 0 spiro atoms. The number of aromatic hydroxyl groups is 1. The molecular weight excluding hydrogens is 204 g/mol. The highest BCUT2D eigenvalue weighted by Crippen LogP contribution is 2.45. The van der Waals surface area contributed by atoms with Crippen LogP contribution in [0.15, 0.2) is 23.6 Å². The average Bonchev–Trinajstić information content (AvgIpc) is 2.57. The zero-order valence-electron chi connectivity index (χ0n) is 9.21. The second-order valence-corrected chi connectivity index (χ2v) is 5.58. The Kier molecular flexibility index (Phi) is 2.79. The molecule has 15 heavy (non-hydrogen) atoms. The number of benzene rings is 1. The molecule has 0 aliphatic carbocycles. The van der Waals surface area contributed by atoms with Crippen molar-refractivity contribution >= 4 is 11.8 Å². The number of hydrogen-bond acceptors (Lipinski definition) is 2. The molecule has 1 aliphatic heterocycles. The standard InChI is InChI=1S/C13H16OS/c1-4-5-10-6-8(2)11-7-9(3)15-13(11)12(10)14/h4,6,9,14H,1,5,7H2,2-3H3. The summed E-state index contributed by atoms with van der Waals surface area (Å²) in [7, 11) is 0. The van der Waals surface area contributed by atoms with Gasteiger partial charge in [-0.2, -0.15) is 0 Å². The summed E-state index contributed by atoms with van der Waals surface area (Å²) in [5, 5.41) is 10.7. The molecule has 1 atom stereocenters. The van der Waals surface area contributed by atoms with Gasteiger partial charge >= 0.3 is 0 Å². The molecular formula is C13H16OS. The van der Waals surface area contributed by atoms with Gasteiger partial charge in [0.1, 0.15) is 5.75 Å². The summed E-state index contributed by atoms with van der Waals surface area (Å²) in [5.41, 5.74) is 3.64. The number of fused-ring (bicyclic) bond motifs is 1. The lowest BCUT2D eigenvalue weighted by atomic mass is 9.99. The highest BCUT2D eigenvalue weighted by molar-refractivity contribution is 8.00. The molecule has 0 saturated carbocycles. The van der Waals surface area contributed by atoms with Gasteiger partial charge in [-0.25, -0.2) is 0 Å². The predicted octanol–water partition coefficient (Wildman–Crippen LogP) is 3.47. The first-order valence-electron chi connectivity index (χ1n) is 5.25. The number of phenols is 1. The van der Waals surface area contributed by atoms with E-state index in [4.69, 9.17) is 0 Å². The molecule has 1 unspecified atom stereocenters. The molecule has 0 aromatic heterocycles. The van der Waals surface area contributed by atoms with E-state index in [0.29, 0.717) is 11.0 Å². The van der Waals surface area contributed by atoms with Gasteiger partial charge in [0.25, 0.3) is 0 Å². The van der Waals surface area contributed by atoms with Crippen molar-refractivity contribution in [2.75, 3.05) is 0 Å². The lowest BCUT2D eigenvalue weighted by Crippen LogP contribution is -1.95. The monoisotopic (exact) mass is 220 g/mol. The van der Waals surface area contributed by atoms with E-state index in [9.17, 15) is 5.11 Å². The van der Waals surface area contributed by atoms with Crippen LogP contribution >= 0.6 is 11.8 Å². The van der Waals surface area contributed by atoms with Gasteiger partial charge in [-0.15, -0.1) is 18.3 Å². The first kappa shape index (κ1) is 10.6. The van der Waals surface area contributed by atoms with Crippen molar-refractivity contribution in [2.45, 2.75) is 36.8 Å². The molecule has 1 N–H and O–H groups in total. The van der Waals surface area contributed by atoms with Crippen LogP contribution in [0.1, 0.15) is 23.6 Å². The number of hydrogen-bond donors (Lipinski definition) is 1. The number of allylic oxidation sites excluding steroid dienone is 1. The van der Waals surface area contributed by atoms with Gasteiger partial charge < -0.3 is 5.11 Å². The van der Waals surface area contributed by atoms with E-state index in [1.807, 2.05) is 6.08 Å². The lowest BCUT2D eigenvalue weighted by molar-refractivity contribution is 0.455. The second-order valence-electron chi connectivity index (χ2n) is 4.13. The molecule has 0 bridgehead atoms. The first-order valence-corrected chi connectivity index (χ1v) is 6.13. The van der Waals surface area contributed by atoms with Crippen LogP contribution < -0.4 is 0 Å². The van der Waals surface area contributed by atoms with E-state index < -0.39 is 0 Å². The fourth-order valence-corrected chi connectivity index (χ4v) is 3.39. The van der Waals surface area contributed by atoms with Crippen LogP contribution in [-0.2, 0) is 12.8 Å². The van der Waals surface area contributed by atoms with E-state index in [-0.39, 0.29) is 0 Å². The molecule has 0 saturated heterocycles. The van der Waals surface area contributed by atoms with Gasteiger partial charge in [0.05, 0.1) is 4.90 Å². The highest BCUT2D eigenvalue weighted by atomic mass is 32.2. The molecule has 0 radical (unpaired) electrons. The minimum absolute atomic E-state index is 0.477. The molecule has 0 fully saturated rings. The minimum atomic E-state index is 0.477. The summed E-state index contributed by atoms with van der Waals surface area (Å²) in [6.45, 7) is 8.05. The molecule has 2 heteroatoms. The first-order chi connectivity index (χ1) is 7.13. The number of thioether (sulfide) groups is 1. The summed E-state index contributed by atoms with van der Waals surface area (Å²) in [4.78, 5) is 1.10. The Labute approximate surface area is 95.2 Å². The molecule has 80 valence electrons. The summed E-state index contributed by atoms with van der Waals surface area (Å²) in [6, 6.07) is 2.09. The number of aryl methyl sites for hydroxylation is 1. The van der Waals surface area contributed by atoms with E-state index in [2.05, 4.69) is 26.5 Å². The molecule has 2 rings (SSSR count). The highest BCUT2D eigenvalue weighted by Gasteiger charge is 2.24. The van der Waals surface area contributed by atoms with Crippen molar-refractivity contribution in [3.8, 4) is 5.75 Å². The van der Waals surface area contributed by atoms with Crippen LogP contribution in [0.4, 0.5) is 0 Å². The maximum absolute atomic E-state index is 10.1. The zero-order valence-corrected chi connectivity index (χ0v) is 10.0. The van der Waals surface area contributed by atoms with E-state index in [1.165, 1.54) is 11.1 Å². The molecule has 1 heterocycles. The minimum Gasteiger partial charge on any atom is -0.506 e. The number of rotatable bonds is 2. The largest absolute Gasteiger partial charge is 0.506 e. The number of phenolic OH excluding ortho intramolecular Hbond substituents is 1. The molecule has 1 aliphatic rings. The average molecular weight is 220 g/mol. The van der Waals surface area contributed by atoms with Crippen molar-refractivity contribution in [2.24, 2.45) is 0 Å². The lowest BCUT2D eigenvalue weighted by Gasteiger charge is -2.10. The Bertz CT molecular complexity index is 409. The van der Waals surface area contributed by atoms with Crippen LogP contribution in [0, 0.1) is 6.92 Å². The normalized spacial score (nSPS) is 18.9. The Hall–Kier alpha value is -0.890. The predicted molar refractivity (Wildman–Crippen MR) is 65.8 cm³/mol. The van der Waals surface area contributed by atoms with Gasteiger partial charge in [0, 0.05) is 5.25 Å². The molecule has 1 aromatic rings. The van der Waals surface area contributed by atoms with E-state index in [1.54, 1.807) is 11.8 Å². The van der Waals surface area contributed by atoms with Crippen LogP contribution in [0.3, 0.4) is 0 Å². The van der Waals surface area contributed by atoms with E-state index >= 15 is 0 Å². The summed E-state index contributed by atoms with van der Waals surface area (Å²) >= 11 is 1.79. The van der Waals surface area contributed by atoms with Crippen molar-refractivity contribution in [1.29, 1.82) is 0 Å². The molecule has 1 nitrogen and oxygen atoms in total. The van der Waals surface area contributed by atoms with E-state index in [0.717, 1.165) is 23.3 Å². The summed E-state index contributed by atoms with van der Waals surface area (Å²) in [5.74, 6) is 0.477. The molecule has 0 amide bonds. The fraction of sp³-hybridized carbons (Fsp3) is 0.385. The summed E-state index contributed by atoms with van der Waals surface area (Å²) in [6.07, 6.45) is 3.66. The third-order valence-corrected chi connectivity index (χ3v) is 4.08. The fourth-order valence-electron chi connectivity index (χ4n) is 2.11. The van der Waals surface area contributed by atoms with Crippen LogP contribution in [-0.4, -0.2) is 10.4 Å². The third kappa shape index (κ3) is 1.78. The Morgan fingerprint density at radius 3 is 3.07 bits per heavy atom. The zero-order chi connectivity index (χ0) is 11.0. The van der Waals surface area contributed by atoms with Crippen molar-refractivity contribution in [3.05, 3.63) is 35.4 Å². The summed E-state index contributed by atoms with van der Waals surface area (Å²) < 4.78 is 0. The Balaban J connectivity index is 2.53. The van der Waals surface area contributed by atoms with Crippen molar-refractivity contribution in [3.63, 3.8) is 0 Å². The van der Waals surface area contributed by atoms with Gasteiger partial charge in [-0.1, -0.05) is 19.1 Å². The maximum atomic E-state index is 10.1. The van der Waals surface area contributed by atoms with Gasteiger partial charge in [-0.3, -0.25) is 0 Å². The third-order valence-electron chi connectivity index (χ3n) is 2.83. The van der Waals surface area contributed by atoms with Crippen LogP contribution in [0.5, 0.6) is 5.75 Å². The van der Waals surface area contributed by atoms with Gasteiger partial charge in [0.2, 0.25) is 0 Å². The molecule has 1 aromatic carbocycles. The smallest absolute Gasteiger partial charge is 0.132 e. The maximum Gasteiger partial charge on any atom is 0.132 e. The van der Waals surface area contributed by atoms with Gasteiger partial charge in [-0.05, 0) is 36.5 Å². The van der Waals surface area contributed by atoms with Crippen molar-refractivity contribution < 1.29 is 5.11 Å². The van der Waals surface area contributed by atoms with Crippen LogP contribution in [0.25, 0.3) is 0 Å². The van der Waals surface area contributed by atoms with Crippen LogP contribution in [0.2, 0.25) is 0 Å². The topological polar surface area (TPSA) is 20.2 Å². The SMILES string of the molecule is C=CCc1cc(C)c2c(c1O)SC(C)C2. The van der Waals surface area contributed by atoms with Crippen molar-refractivity contribution in [1.82, 2.24) is 0 Å². The quantitative estimate of drug-likeness (QED) is 0.770. The second kappa shape index (κ2) is 3.93.